The molecule has 2 heterocycles. The van der Waals surface area contributed by atoms with E-state index >= 15 is 0 Å². The van der Waals surface area contributed by atoms with Crippen molar-refractivity contribution in [3.63, 3.8) is 0 Å². The summed E-state index contributed by atoms with van der Waals surface area (Å²) in [6, 6.07) is 19.7. The van der Waals surface area contributed by atoms with Gasteiger partial charge >= 0.3 is 6.18 Å². The molecule has 39 heavy (non-hydrogen) atoms. The Labute approximate surface area is 220 Å². The first-order chi connectivity index (χ1) is 18.7. The summed E-state index contributed by atoms with van der Waals surface area (Å²) in [7, 11) is 0. The lowest BCUT2D eigenvalue weighted by atomic mass is 9.95. The number of nitrogens with one attached hydrogen (secondary N) is 1. The number of halogens is 3. The number of carbonyl (C=O) groups excluding carboxylic acids is 1. The first kappa shape index (κ1) is 25.4. The van der Waals surface area contributed by atoms with Crippen LogP contribution in [0.2, 0.25) is 0 Å². The fourth-order valence-electron chi connectivity index (χ4n) is 3.98. The number of ether oxygens (including phenoxy) is 1. The van der Waals surface area contributed by atoms with Crippen LogP contribution in [0.4, 0.5) is 24.8 Å². The van der Waals surface area contributed by atoms with Crippen LogP contribution in [0, 0.1) is 0 Å². The van der Waals surface area contributed by atoms with Gasteiger partial charge in [-0.3, -0.25) is 4.79 Å². The standard InChI is InChI=1S/C29H20F3N5O2/c1-2-25(38)36-22-5-3-4-18(13-22)24-14-19(12-20-16-35-28(33)37-27(20)24)17-6-8-23(9-7-17)39-26-15-21(10-11-34-26)29(30,31)32/h2-16H,1H2,(H,36,38)(H2,33,35,37). The maximum Gasteiger partial charge on any atom is 0.416 e. The van der Waals surface area contributed by atoms with Crippen LogP contribution < -0.4 is 15.8 Å². The van der Waals surface area contributed by atoms with Crippen molar-refractivity contribution in [3.8, 4) is 33.9 Å². The molecule has 0 aliphatic heterocycles. The van der Waals surface area contributed by atoms with E-state index in [9.17, 15) is 18.0 Å². The highest BCUT2D eigenvalue weighted by Crippen LogP contribution is 2.36. The van der Waals surface area contributed by atoms with E-state index in [2.05, 4.69) is 26.8 Å². The second kappa shape index (κ2) is 10.3. The van der Waals surface area contributed by atoms with Gasteiger partial charge in [0.1, 0.15) is 5.75 Å². The number of aromatic nitrogens is 3. The smallest absolute Gasteiger partial charge is 0.416 e. The second-order valence-electron chi connectivity index (χ2n) is 8.47. The Hall–Kier alpha value is -5.25. The third-order valence-electron chi connectivity index (χ3n) is 5.80. The van der Waals surface area contributed by atoms with Crippen molar-refractivity contribution >= 4 is 28.4 Å². The Morgan fingerprint density at radius 2 is 1.74 bits per heavy atom. The molecule has 0 atom stereocenters. The molecule has 1 amide bonds. The number of benzene rings is 3. The summed E-state index contributed by atoms with van der Waals surface area (Å²) < 4.78 is 44.6. The van der Waals surface area contributed by atoms with Gasteiger partial charge in [0.25, 0.3) is 0 Å². The number of carbonyl (C=O) groups is 1. The molecule has 0 spiro atoms. The zero-order chi connectivity index (χ0) is 27.6. The quantitative estimate of drug-likeness (QED) is 0.234. The van der Waals surface area contributed by atoms with E-state index in [0.717, 1.165) is 46.0 Å². The number of fused-ring (bicyclic) bond motifs is 1. The Balaban J connectivity index is 1.51. The van der Waals surface area contributed by atoms with E-state index in [1.165, 1.54) is 6.08 Å². The average molecular weight is 528 g/mol. The van der Waals surface area contributed by atoms with E-state index < -0.39 is 11.7 Å². The maximum absolute atomic E-state index is 13.0. The molecule has 0 saturated heterocycles. The minimum atomic E-state index is -4.50. The van der Waals surface area contributed by atoms with Crippen LogP contribution in [-0.4, -0.2) is 20.9 Å². The van der Waals surface area contributed by atoms with Crippen molar-refractivity contribution in [2.45, 2.75) is 6.18 Å². The summed E-state index contributed by atoms with van der Waals surface area (Å²) in [5.74, 6) is -0.0469. The first-order valence-electron chi connectivity index (χ1n) is 11.6. The summed E-state index contributed by atoms with van der Waals surface area (Å²) in [5, 5.41) is 3.49. The van der Waals surface area contributed by atoms with Gasteiger partial charge < -0.3 is 15.8 Å². The lowest BCUT2D eigenvalue weighted by Crippen LogP contribution is -2.07. The fraction of sp³-hybridized carbons (Fsp3) is 0.0345. The molecule has 0 unspecified atom stereocenters. The molecule has 5 rings (SSSR count). The number of alkyl halides is 3. The van der Waals surface area contributed by atoms with Crippen LogP contribution in [0.15, 0.2) is 97.8 Å². The number of amides is 1. The lowest BCUT2D eigenvalue weighted by molar-refractivity contribution is -0.137. The van der Waals surface area contributed by atoms with Crippen molar-refractivity contribution in [1.82, 2.24) is 15.0 Å². The van der Waals surface area contributed by atoms with Crippen LogP contribution in [0.1, 0.15) is 5.56 Å². The topological polar surface area (TPSA) is 103 Å². The van der Waals surface area contributed by atoms with Crippen LogP contribution in [0.25, 0.3) is 33.2 Å². The molecule has 0 saturated carbocycles. The van der Waals surface area contributed by atoms with Crippen molar-refractivity contribution in [2.75, 3.05) is 11.1 Å². The van der Waals surface area contributed by atoms with Gasteiger partial charge in [-0.2, -0.15) is 13.2 Å². The summed E-state index contributed by atoms with van der Waals surface area (Å²) in [6.07, 6.45) is -0.627. The molecular weight excluding hydrogens is 507 g/mol. The number of nitrogens with two attached hydrogens (primary N) is 1. The molecule has 10 heteroatoms. The van der Waals surface area contributed by atoms with E-state index in [0.29, 0.717) is 17.0 Å². The fourth-order valence-corrected chi connectivity index (χ4v) is 3.98. The van der Waals surface area contributed by atoms with Crippen molar-refractivity contribution < 1.29 is 22.7 Å². The molecule has 0 aliphatic rings. The third kappa shape index (κ3) is 5.69. The summed E-state index contributed by atoms with van der Waals surface area (Å²) in [4.78, 5) is 24.2. The molecule has 5 aromatic rings. The Kier molecular flexibility index (Phi) is 6.68. The van der Waals surface area contributed by atoms with Crippen molar-refractivity contribution in [1.29, 1.82) is 0 Å². The summed E-state index contributed by atoms with van der Waals surface area (Å²) in [6.45, 7) is 3.48. The predicted molar refractivity (Wildman–Crippen MR) is 143 cm³/mol. The number of hydrogen-bond donors (Lipinski definition) is 2. The minimum absolute atomic E-state index is 0.123. The minimum Gasteiger partial charge on any atom is -0.439 e. The van der Waals surface area contributed by atoms with Gasteiger partial charge in [0.15, 0.2) is 0 Å². The Morgan fingerprint density at radius 1 is 0.949 bits per heavy atom. The highest BCUT2D eigenvalue weighted by molar-refractivity contribution is 6.01. The largest absolute Gasteiger partial charge is 0.439 e. The number of rotatable bonds is 6. The van der Waals surface area contributed by atoms with Gasteiger partial charge in [-0.1, -0.05) is 30.8 Å². The van der Waals surface area contributed by atoms with Gasteiger partial charge in [-0.15, -0.1) is 0 Å². The number of anilines is 2. The van der Waals surface area contributed by atoms with Crippen LogP contribution in [0.5, 0.6) is 11.6 Å². The van der Waals surface area contributed by atoms with E-state index in [-0.39, 0.29) is 17.7 Å². The highest BCUT2D eigenvalue weighted by atomic mass is 19.4. The van der Waals surface area contributed by atoms with Gasteiger partial charge in [0, 0.05) is 35.1 Å². The second-order valence-corrected chi connectivity index (χ2v) is 8.47. The van der Waals surface area contributed by atoms with Gasteiger partial charge in [-0.25, -0.2) is 15.0 Å². The molecule has 0 bridgehead atoms. The van der Waals surface area contributed by atoms with Crippen LogP contribution >= 0.6 is 0 Å². The normalized spacial score (nSPS) is 11.3. The molecule has 0 aliphatic carbocycles. The molecule has 2 aromatic heterocycles. The van der Waals surface area contributed by atoms with Gasteiger partial charge in [0.2, 0.25) is 17.7 Å². The van der Waals surface area contributed by atoms with Crippen LogP contribution in [-0.2, 0) is 11.0 Å². The predicted octanol–water partition coefficient (Wildman–Crippen LogP) is 6.88. The Bertz CT molecular complexity index is 1700. The van der Waals surface area contributed by atoms with Gasteiger partial charge in [0.05, 0.1) is 11.1 Å². The molecule has 3 aromatic carbocycles. The molecule has 7 nitrogen and oxygen atoms in total. The number of hydrogen-bond acceptors (Lipinski definition) is 6. The maximum atomic E-state index is 13.0. The molecule has 194 valence electrons. The van der Waals surface area contributed by atoms with Crippen LogP contribution in [0.3, 0.4) is 0 Å². The summed E-state index contributed by atoms with van der Waals surface area (Å²) >= 11 is 0. The third-order valence-corrected chi connectivity index (χ3v) is 5.80. The van der Waals surface area contributed by atoms with E-state index in [1.54, 1.807) is 36.5 Å². The van der Waals surface area contributed by atoms with Crippen molar-refractivity contribution in [2.24, 2.45) is 0 Å². The number of nitrogen functional groups attached to an aromatic ring is 1. The molecule has 3 N–H and O–H groups in total. The molecular formula is C29H20F3N5O2. The Morgan fingerprint density at radius 3 is 2.49 bits per heavy atom. The average Bonchev–Trinajstić information content (AvgIpc) is 2.92. The molecule has 0 radical (unpaired) electrons. The first-order valence-corrected chi connectivity index (χ1v) is 11.6. The lowest BCUT2D eigenvalue weighted by Gasteiger charge is -2.13. The molecule has 0 fully saturated rings. The zero-order valence-electron chi connectivity index (χ0n) is 20.2. The monoisotopic (exact) mass is 527 g/mol. The zero-order valence-corrected chi connectivity index (χ0v) is 20.2. The number of pyridine rings is 1. The van der Waals surface area contributed by atoms with E-state index in [1.807, 2.05) is 30.3 Å². The number of nitrogens with zero attached hydrogens (tertiary/aromatic N) is 3. The van der Waals surface area contributed by atoms with E-state index in [4.69, 9.17) is 10.5 Å². The highest BCUT2D eigenvalue weighted by Gasteiger charge is 2.31. The van der Waals surface area contributed by atoms with Crippen molar-refractivity contribution in [3.05, 3.63) is 103 Å². The summed E-state index contributed by atoms with van der Waals surface area (Å²) in [5.41, 5.74) is 9.45. The SMILES string of the molecule is C=CC(=O)Nc1cccc(-c2cc(-c3ccc(Oc4cc(C(F)(F)F)ccn4)cc3)cc3cnc(N)nc23)c1. The van der Waals surface area contributed by atoms with Gasteiger partial charge in [-0.05, 0) is 65.2 Å².